The van der Waals surface area contributed by atoms with Crippen LogP contribution in [0.4, 0.5) is 10.9 Å². The number of nitrogens with one attached hydrogen (secondary N) is 1. The van der Waals surface area contributed by atoms with E-state index in [0.29, 0.717) is 11.6 Å². The van der Waals surface area contributed by atoms with Crippen LogP contribution in [0.1, 0.15) is 0 Å². The predicted octanol–water partition coefficient (Wildman–Crippen LogP) is 5.62. The van der Waals surface area contributed by atoms with Gasteiger partial charge in [-0.25, -0.2) is 9.97 Å². The second-order valence-electron chi connectivity index (χ2n) is 5.18. The van der Waals surface area contributed by atoms with Crippen molar-refractivity contribution in [1.82, 2.24) is 15.0 Å². The molecule has 4 aromatic rings. The molecule has 0 bridgehead atoms. The highest BCUT2D eigenvalue weighted by molar-refractivity contribution is 7.99. The number of nitrogens with zero attached hydrogens (tertiary/aromatic N) is 3. The minimum Gasteiger partial charge on any atom is -0.453 e. The molecule has 128 valence electrons. The lowest BCUT2D eigenvalue weighted by Crippen LogP contribution is -1.97. The molecule has 0 atom stereocenters. The standard InChI is InChI=1S/C19H14N4OS2/c1-2-4-14(5-3-1)24-17-12-16(26-15-6-8-20-9-7-15)13-22-18(17)23-19-21-10-11-25-19/h1-13H,(H,21,22,23). The first-order valence-electron chi connectivity index (χ1n) is 7.84. The first-order chi connectivity index (χ1) is 12.9. The Labute approximate surface area is 159 Å². The second kappa shape index (κ2) is 7.99. The van der Waals surface area contributed by atoms with Gasteiger partial charge < -0.3 is 10.1 Å². The number of pyridine rings is 2. The van der Waals surface area contributed by atoms with Gasteiger partial charge in [0, 0.05) is 46.0 Å². The van der Waals surface area contributed by atoms with Crippen molar-refractivity contribution in [2.24, 2.45) is 0 Å². The van der Waals surface area contributed by atoms with Crippen LogP contribution in [-0.4, -0.2) is 15.0 Å². The molecular formula is C19H14N4OS2. The summed E-state index contributed by atoms with van der Waals surface area (Å²) in [6.45, 7) is 0. The van der Waals surface area contributed by atoms with E-state index >= 15 is 0 Å². The van der Waals surface area contributed by atoms with Crippen LogP contribution in [0.15, 0.2) is 88.5 Å². The van der Waals surface area contributed by atoms with Crippen molar-refractivity contribution in [3.05, 3.63) is 78.7 Å². The largest absolute Gasteiger partial charge is 0.453 e. The lowest BCUT2D eigenvalue weighted by Gasteiger charge is -2.12. The third-order valence-electron chi connectivity index (χ3n) is 3.34. The summed E-state index contributed by atoms with van der Waals surface area (Å²) in [6.07, 6.45) is 7.11. The SMILES string of the molecule is c1ccc(Oc2cc(Sc3ccncc3)cnc2Nc2nccs2)cc1. The quantitative estimate of drug-likeness (QED) is 0.470. The van der Waals surface area contributed by atoms with Crippen molar-refractivity contribution in [2.75, 3.05) is 5.32 Å². The van der Waals surface area contributed by atoms with Gasteiger partial charge in [-0.05, 0) is 24.3 Å². The highest BCUT2D eigenvalue weighted by atomic mass is 32.2. The topological polar surface area (TPSA) is 59.9 Å². The Morgan fingerprint density at radius 2 is 1.77 bits per heavy atom. The molecule has 0 saturated carbocycles. The summed E-state index contributed by atoms with van der Waals surface area (Å²) in [6, 6.07) is 15.6. The number of hydrogen-bond donors (Lipinski definition) is 1. The van der Waals surface area contributed by atoms with Crippen molar-refractivity contribution < 1.29 is 4.74 Å². The van der Waals surface area contributed by atoms with Crippen LogP contribution in [0.25, 0.3) is 0 Å². The molecule has 0 spiro atoms. The highest BCUT2D eigenvalue weighted by Crippen LogP contribution is 2.36. The maximum absolute atomic E-state index is 6.06. The maximum Gasteiger partial charge on any atom is 0.188 e. The molecule has 0 aliphatic carbocycles. The van der Waals surface area contributed by atoms with E-state index in [1.165, 1.54) is 11.3 Å². The second-order valence-corrected chi connectivity index (χ2v) is 7.22. The fourth-order valence-corrected chi connectivity index (χ4v) is 3.53. The van der Waals surface area contributed by atoms with Crippen LogP contribution in [0.5, 0.6) is 11.5 Å². The molecular weight excluding hydrogens is 364 g/mol. The molecule has 0 aliphatic heterocycles. The molecule has 3 aromatic heterocycles. The van der Waals surface area contributed by atoms with Crippen molar-refractivity contribution in [3.63, 3.8) is 0 Å². The Balaban J connectivity index is 1.64. The third kappa shape index (κ3) is 4.19. The predicted molar refractivity (Wildman–Crippen MR) is 105 cm³/mol. The van der Waals surface area contributed by atoms with Gasteiger partial charge in [-0.3, -0.25) is 4.98 Å². The summed E-state index contributed by atoms with van der Waals surface area (Å²) in [5, 5.41) is 5.89. The van der Waals surface area contributed by atoms with Crippen molar-refractivity contribution in [1.29, 1.82) is 0 Å². The van der Waals surface area contributed by atoms with Gasteiger partial charge in [0.2, 0.25) is 0 Å². The monoisotopic (exact) mass is 378 g/mol. The van der Waals surface area contributed by atoms with Gasteiger partial charge in [-0.15, -0.1) is 11.3 Å². The van der Waals surface area contributed by atoms with Crippen molar-refractivity contribution >= 4 is 34.0 Å². The molecule has 0 aliphatic rings. The Kier molecular flexibility index (Phi) is 5.09. The normalized spacial score (nSPS) is 10.5. The maximum atomic E-state index is 6.06. The summed E-state index contributed by atoms with van der Waals surface area (Å²) < 4.78 is 6.06. The van der Waals surface area contributed by atoms with E-state index in [1.54, 1.807) is 30.4 Å². The minimum absolute atomic E-state index is 0.628. The van der Waals surface area contributed by atoms with Gasteiger partial charge in [0.05, 0.1) is 0 Å². The molecule has 4 rings (SSSR count). The van der Waals surface area contributed by atoms with Crippen LogP contribution in [0.2, 0.25) is 0 Å². The van der Waals surface area contributed by atoms with Crippen LogP contribution in [-0.2, 0) is 0 Å². The molecule has 0 saturated heterocycles. The number of ether oxygens (including phenoxy) is 1. The highest BCUT2D eigenvalue weighted by Gasteiger charge is 2.11. The minimum atomic E-state index is 0.628. The van der Waals surface area contributed by atoms with E-state index < -0.39 is 0 Å². The van der Waals surface area contributed by atoms with Gasteiger partial charge in [-0.2, -0.15) is 0 Å². The van der Waals surface area contributed by atoms with E-state index in [0.717, 1.165) is 20.7 Å². The first-order valence-corrected chi connectivity index (χ1v) is 9.54. The van der Waals surface area contributed by atoms with Crippen LogP contribution < -0.4 is 10.1 Å². The van der Waals surface area contributed by atoms with E-state index in [-0.39, 0.29) is 0 Å². The Morgan fingerprint density at radius 3 is 2.54 bits per heavy atom. The third-order valence-corrected chi connectivity index (χ3v) is 5.00. The van der Waals surface area contributed by atoms with Crippen molar-refractivity contribution in [2.45, 2.75) is 9.79 Å². The van der Waals surface area contributed by atoms with Gasteiger partial charge in [0.25, 0.3) is 0 Å². The number of hydrogen-bond acceptors (Lipinski definition) is 7. The molecule has 26 heavy (non-hydrogen) atoms. The summed E-state index contributed by atoms with van der Waals surface area (Å²) >= 11 is 3.12. The van der Waals surface area contributed by atoms with E-state index in [9.17, 15) is 0 Å². The number of anilines is 2. The van der Waals surface area contributed by atoms with Crippen molar-refractivity contribution in [3.8, 4) is 11.5 Å². The molecule has 0 amide bonds. The van der Waals surface area contributed by atoms with Gasteiger partial charge >= 0.3 is 0 Å². The molecule has 1 N–H and O–H groups in total. The molecule has 0 fully saturated rings. The lowest BCUT2D eigenvalue weighted by atomic mass is 10.3. The molecule has 5 nitrogen and oxygen atoms in total. The number of thiazole rings is 1. The van der Waals surface area contributed by atoms with E-state index in [2.05, 4.69) is 20.3 Å². The number of aromatic nitrogens is 3. The zero-order valence-corrected chi connectivity index (χ0v) is 15.2. The zero-order chi connectivity index (χ0) is 17.6. The van der Waals surface area contributed by atoms with Crippen LogP contribution in [0.3, 0.4) is 0 Å². The summed E-state index contributed by atoms with van der Waals surface area (Å²) in [5.41, 5.74) is 0. The molecule has 0 radical (unpaired) electrons. The fourth-order valence-electron chi connectivity index (χ4n) is 2.20. The Bertz CT molecular complexity index is 964. The van der Waals surface area contributed by atoms with E-state index in [1.807, 2.05) is 60.1 Å². The number of para-hydroxylation sites is 1. The summed E-state index contributed by atoms with van der Waals surface area (Å²) in [7, 11) is 0. The van der Waals surface area contributed by atoms with Crippen LogP contribution in [0, 0.1) is 0 Å². The fraction of sp³-hybridized carbons (Fsp3) is 0. The summed E-state index contributed by atoms with van der Waals surface area (Å²) in [4.78, 5) is 14.9. The van der Waals surface area contributed by atoms with Gasteiger partial charge in [-0.1, -0.05) is 30.0 Å². The van der Waals surface area contributed by atoms with Gasteiger partial charge in [0.1, 0.15) is 5.75 Å². The average Bonchev–Trinajstić information content (AvgIpc) is 3.19. The Morgan fingerprint density at radius 1 is 0.923 bits per heavy atom. The number of rotatable bonds is 6. The van der Waals surface area contributed by atoms with Crippen LogP contribution >= 0.6 is 23.1 Å². The molecule has 0 unspecified atom stereocenters. The summed E-state index contributed by atoms with van der Waals surface area (Å²) in [5.74, 6) is 2.02. The average molecular weight is 378 g/mol. The Hall–Kier alpha value is -2.90. The zero-order valence-electron chi connectivity index (χ0n) is 13.6. The molecule has 7 heteroatoms. The lowest BCUT2D eigenvalue weighted by molar-refractivity contribution is 0.481. The van der Waals surface area contributed by atoms with Gasteiger partial charge in [0.15, 0.2) is 16.7 Å². The first kappa shape index (κ1) is 16.6. The molecule has 1 aromatic carbocycles. The molecule has 3 heterocycles. The number of benzene rings is 1. The van der Waals surface area contributed by atoms with E-state index in [4.69, 9.17) is 4.74 Å². The smallest absolute Gasteiger partial charge is 0.188 e.